The second-order valence-corrected chi connectivity index (χ2v) is 5.24. The average Bonchev–Trinajstić information content (AvgIpc) is 2.27. The lowest BCUT2D eigenvalue weighted by Gasteiger charge is -2.25. The fourth-order valence-corrected chi connectivity index (χ4v) is 3.06. The van der Waals surface area contributed by atoms with Crippen molar-refractivity contribution in [3.05, 3.63) is 0 Å². The molecule has 1 atom stereocenters. The molecule has 0 saturated carbocycles. The number of carbonyl (C=O) groups excluding carboxylic acids is 1. The number of piperidine rings is 1. The van der Waals surface area contributed by atoms with Gasteiger partial charge in [0.25, 0.3) is 0 Å². The maximum Gasteiger partial charge on any atom is 0.319 e. The van der Waals surface area contributed by atoms with Gasteiger partial charge in [-0.1, -0.05) is 6.92 Å². The van der Waals surface area contributed by atoms with Crippen molar-refractivity contribution < 1.29 is 9.53 Å². The maximum atomic E-state index is 11.6. The van der Waals surface area contributed by atoms with Gasteiger partial charge in [0.2, 0.25) is 0 Å². The van der Waals surface area contributed by atoms with Crippen LogP contribution in [0.1, 0.15) is 33.1 Å². The van der Waals surface area contributed by atoms with E-state index >= 15 is 0 Å². The van der Waals surface area contributed by atoms with Gasteiger partial charge in [-0.05, 0) is 39.3 Å². The van der Waals surface area contributed by atoms with Crippen molar-refractivity contribution >= 4 is 17.7 Å². The highest BCUT2D eigenvalue weighted by Gasteiger charge is 2.24. The summed E-state index contributed by atoms with van der Waals surface area (Å²) in [6, 6.07) is 0. The van der Waals surface area contributed by atoms with E-state index in [0.717, 1.165) is 19.5 Å². The topological polar surface area (TPSA) is 38.3 Å². The highest BCUT2D eigenvalue weighted by Crippen LogP contribution is 2.27. The zero-order chi connectivity index (χ0) is 11.1. The summed E-state index contributed by atoms with van der Waals surface area (Å²) in [6.45, 7) is 6.56. The number of hydrogen-bond donors (Lipinski definition) is 1. The van der Waals surface area contributed by atoms with Crippen molar-refractivity contribution in [3.8, 4) is 0 Å². The molecule has 1 saturated heterocycles. The van der Waals surface area contributed by atoms with Crippen LogP contribution in [0.4, 0.5) is 0 Å². The summed E-state index contributed by atoms with van der Waals surface area (Å²) >= 11 is 1.80. The van der Waals surface area contributed by atoms with E-state index < -0.39 is 0 Å². The highest BCUT2D eigenvalue weighted by atomic mass is 32.2. The summed E-state index contributed by atoms with van der Waals surface area (Å²) in [4.78, 5) is 11.6. The van der Waals surface area contributed by atoms with Crippen LogP contribution in [0.5, 0.6) is 0 Å². The van der Waals surface area contributed by atoms with E-state index in [2.05, 4.69) is 12.2 Å². The predicted molar refractivity (Wildman–Crippen MR) is 64.2 cm³/mol. The normalized spacial score (nSPS) is 19.9. The van der Waals surface area contributed by atoms with Gasteiger partial charge in [0.15, 0.2) is 0 Å². The largest absolute Gasteiger partial charge is 0.465 e. The molecular formula is C11H21NO2S. The van der Waals surface area contributed by atoms with Crippen LogP contribution in [-0.2, 0) is 9.53 Å². The summed E-state index contributed by atoms with van der Waals surface area (Å²) < 4.78 is 5.06. The monoisotopic (exact) mass is 231 g/mol. The van der Waals surface area contributed by atoms with Gasteiger partial charge in [-0.25, -0.2) is 0 Å². The lowest BCUT2D eigenvalue weighted by molar-refractivity contribution is -0.142. The van der Waals surface area contributed by atoms with E-state index in [1.165, 1.54) is 12.8 Å². The smallest absolute Gasteiger partial charge is 0.319 e. The van der Waals surface area contributed by atoms with Gasteiger partial charge in [-0.3, -0.25) is 4.79 Å². The summed E-state index contributed by atoms with van der Waals surface area (Å²) in [7, 11) is 0. The lowest BCUT2D eigenvalue weighted by Crippen LogP contribution is -2.32. The van der Waals surface area contributed by atoms with Crippen LogP contribution in [0.15, 0.2) is 0 Å². The van der Waals surface area contributed by atoms with Crippen molar-refractivity contribution in [3.63, 3.8) is 0 Å². The van der Waals surface area contributed by atoms with Crippen LogP contribution in [-0.4, -0.2) is 36.2 Å². The predicted octanol–water partition coefficient (Wildman–Crippen LogP) is 1.81. The molecule has 1 rings (SSSR count). The highest BCUT2D eigenvalue weighted by molar-refractivity contribution is 8.01. The minimum absolute atomic E-state index is 0.0352. The number of nitrogens with one attached hydrogen (secondary N) is 1. The van der Waals surface area contributed by atoms with E-state index in [9.17, 15) is 4.79 Å². The summed E-state index contributed by atoms with van der Waals surface area (Å²) in [5.74, 6) is -0.0384. The van der Waals surface area contributed by atoms with Gasteiger partial charge in [0, 0.05) is 5.25 Å². The molecule has 3 nitrogen and oxygen atoms in total. The molecule has 0 aromatic heterocycles. The average molecular weight is 231 g/mol. The molecular weight excluding hydrogens is 210 g/mol. The SMILES string of the molecule is CCOC(=O)C(CC)SC1CCNCC1. The third kappa shape index (κ3) is 4.43. The van der Waals surface area contributed by atoms with Crippen molar-refractivity contribution in [2.75, 3.05) is 19.7 Å². The molecule has 0 aromatic carbocycles. The quantitative estimate of drug-likeness (QED) is 0.732. The van der Waals surface area contributed by atoms with E-state index in [-0.39, 0.29) is 11.2 Å². The van der Waals surface area contributed by atoms with Crippen LogP contribution >= 0.6 is 11.8 Å². The van der Waals surface area contributed by atoms with Crippen molar-refractivity contribution in [1.29, 1.82) is 0 Å². The van der Waals surface area contributed by atoms with Crippen molar-refractivity contribution in [1.82, 2.24) is 5.32 Å². The first-order valence-corrected chi connectivity index (χ1v) is 6.75. The third-order valence-corrected chi connectivity index (χ3v) is 4.27. The molecule has 88 valence electrons. The molecule has 1 N–H and O–H groups in total. The molecule has 0 amide bonds. The number of carbonyl (C=O) groups is 1. The Labute approximate surface area is 96.3 Å². The first kappa shape index (κ1) is 12.8. The fraction of sp³-hybridized carbons (Fsp3) is 0.909. The number of ether oxygens (including phenoxy) is 1. The number of thioether (sulfide) groups is 1. The molecule has 1 heterocycles. The molecule has 0 radical (unpaired) electrons. The summed E-state index contributed by atoms with van der Waals surface area (Å²) in [5, 5.41) is 3.99. The lowest BCUT2D eigenvalue weighted by atomic mass is 10.2. The molecule has 4 heteroatoms. The molecule has 1 fully saturated rings. The van der Waals surface area contributed by atoms with E-state index in [4.69, 9.17) is 4.74 Å². The summed E-state index contributed by atoms with van der Waals surface area (Å²) in [6.07, 6.45) is 3.20. The van der Waals surface area contributed by atoms with Gasteiger partial charge in [-0.15, -0.1) is 11.8 Å². The molecule has 1 aliphatic heterocycles. The van der Waals surface area contributed by atoms with Crippen LogP contribution < -0.4 is 5.32 Å². The van der Waals surface area contributed by atoms with E-state index in [1.54, 1.807) is 11.8 Å². The van der Waals surface area contributed by atoms with E-state index in [0.29, 0.717) is 11.9 Å². The van der Waals surface area contributed by atoms with Crippen LogP contribution in [0.25, 0.3) is 0 Å². The first-order valence-electron chi connectivity index (χ1n) is 5.80. The third-order valence-electron chi connectivity index (χ3n) is 2.56. The van der Waals surface area contributed by atoms with Crippen LogP contribution in [0.2, 0.25) is 0 Å². The Balaban J connectivity index is 2.34. The standard InChI is InChI=1S/C11H21NO2S/c1-3-10(11(13)14-4-2)15-9-5-7-12-8-6-9/h9-10,12H,3-8H2,1-2H3. The number of rotatable bonds is 5. The molecule has 0 spiro atoms. The Hall–Kier alpha value is -0.220. The Bertz CT molecular complexity index is 193. The molecule has 0 aromatic rings. The molecule has 0 bridgehead atoms. The van der Waals surface area contributed by atoms with Crippen molar-refractivity contribution in [2.24, 2.45) is 0 Å². The van der Waals surface area contributed by atoms with Gasteiger partial charge in [0.1, 0.15) is 5.25 Å². The Morgan fingerprint density at radius 1 is 1.47 bits per heavy atom. The molecule has 1 aliphatic rings. The zero-order valence-corrected chi connectivity index (χ0v) is 10.4. The molecule has 0 aliphatic carbocycles. The van der Waals surface area contributed by atoms with Gasteiger partial charge >= 0.3 is 5.97 Å². The zero-order valence-electron chi connectivity index (χ0n) is 9.62. The minimum Gasteiger partial charge on any atom is -0.465 e. The second kappa shape index (κ2) is 7.12. The van der Waals surface area contributed by atoms with E-state index in [1.807, 2.05) is 6.92 Å². The molecule has 1 unspecified atom stereocenters. The van der Waals surface area contributed by atoms with Gasteiger partial charge in [0.05, 0.1) is 6.61 Å². The maximum absolute atomic E-state index is 11.6. The second-order valence-electron chi connectivity index (χ2n) is 3.73. The van der Waals surface area contributed by atoms with Gasteiger partial charge in [-0.2, -0.15) is 0 Å². The Morgan fingerprint density at radius 3 is 2.67 bits per heavy atom. The molecule has 15 heavy (non-hydrogen) atoms. The van der Waals surface area contributed by atoms with Gasteiger partial charge < -0.3 is 10.1 Å². The van der Waals surface area contributed by atoms with Crippen LogP contribution in [0, 0.1) is 0 Å². The van der Waals surface area contributed by atoms with Crippen molar-refractivity contribution in [2.45, 2.75) is 43.6 Å². The van der Waals surface area contributed by atoms with Crippen LogP contribution in [0.3, 0.4) is 0 Å². The number of esters is 1. The Morgan fingerprint density at radius 2 is 2.13 bits per heavy atom. The number of hydrogen-bond acceptors (Lipinski definition) is 4. The Kier molecular flexibility index (Phi) is 6.10. The summed E-state index contributed by atoms with van der Waals surface area (Å²) in [5.41, 5.74) is 0. The first-order chi connectivity index (χ1) is 7.27. The minimum atomic E-state index is -0.0384. The fourth-order valence-electron chi connectivity index (χ4n) is 1.72.